The van der Waals surface area contributed by atoms with Gasteiger partial charge in [-0.2, -0.15) is 5.10 Å². The Kier molecular flexibility index (Phi) is 7.00. The van der Waals surface area contributed by atoms with Crippen molar-refractivity contribution in [3.8, 4) is 16.9 Å². The highest BCUT2D eigenvalue weighted by Gasteiger charge is 2.10. The van der Waals surface area contributed by atoms with Gasteiger partial charge >= 0.3 is 5.97 Å². The van der Waals surface area contributed by atoms with Crippen LogP contribution in [0.25, 0.3) is 11.1 Å². The second kappa shape index (κ2) is 9.87. The highest BCUT2D eigenvalue weighted by molar-refractivity contribution is 7.80. The quantitative estimate of drug-likeness (QED) is 0.284. The van der Waals surface area contributed by atoms with Gasteiger partial charge in [-0.1, -0.05) is 35.9 Å². The number of halogens is 1. The summed E-state index contributed by atoms with van der Waals surface area (Å²) in [5, 5.41) is 17.0. The monoisotopic (exact) mass is 439 g/mol. The molecule has 3 aromatic carbocycles. The Bertz CT molecular complexity index is 1080. The van der Waals surface area contributed by atoms with Gasteiger partial charge < -0.3 is 15.2 Å². The number of nitrogens with one attached hydrogen (secondary N) is 2. The predicted molar refractivity (Wildman–Crippen MR) is 124 cm³/mol. The van der Waals surface area contributed by atoms with E-state index in [9.17, 15) is 4.79 Å². The van der Waals surface area contributed by atoms with Crippen LogP contribution in [0.5, 0.6) is 5.75 Å². The van der Waals surface area contributed by atoms with Crippen LogP contribution in [0.3, 0.4) is 0 Å². The number of ether oxygens (including phenoxy) is 1. The lowest BCUT2D eigenvalue weighted by Gasteiger charge is -2.12. The minimum absolute atomic E-state index is 0.199. The summed E-state index contributed by atoms with van der Waals surface area (Å²) in [6.45, 7) is 0. The highest BCUT2D eigenvalue weighted by atomic mass is 35.5. The molecule has 0 bridgehead atoms. The number of carboxylic acid groups (broad SMARTS) is 1. The minimum atomic E-state index is -0.985. The fraction of sp³-hybridized carbons (Fsp3) is 0.0455. The molecular weight excluding hydrogens is 422 g/mol. The van der Waals surface area contributed by atoms with Gasteiger partial charge in [0.25, 0.3) is 0 Å². The Morgan fingerprint density at radius 2 is 1.80 bits per heavy atom. The van der Waals surface area contributed by atoms with E-state index in [2.05, 4.69) is 15.8 Å². The molecule has 0 amide bonds. The van der Waals surface area contributed by atoms with Crippen LogP contribution in [0.4, 0.5) is 5.69 Å². The van der Waals surface area contributed by atoms with E-state index in [0.29, 0.717) is 16.5 Å². The van der Waals surface area contributed by atoms with Crippen molar-refractivity contribution in [1.82, 2.24) is 5.43 Å². The topological polar surface area (TPSA) is 83.0 Å². The zero-order valence-corrected chi connectivity index (χ0v) is 17.5. The minimum Gasteiger partial charge on any atom is -0.495 e. The number of anilines is 1. The molecular formula is C22H18ClN3O3S. The molecule has 0 atom stereocenters. The zero-order chi connectivity index (χ0) is 21.5. The van der Waals surface area contributed by atoms with Gasteiger partial charge in [-0.05, 0) is 60.2 Å². The second-order valence-electron chi connectivity index (χ2n) is 6.14. The standard InChI is InChI=1S/C22H18ClN3O3S/c1-29-20-16(3-2-4-19(20)14-5-9-17(23)10-6-14)13-24-26-22(30)25-18-11-7-15(8-12-18)21(27)28/h2-13H,1H3,(H,27,28)(H2,25,26,30). The third kappa shape index (κ3) is 5.34. The van der Waals surface area contributed by atoms with Gasteiger partial charge in [0.1, 0.15) is 5.75 Å². The van der Waals surface area contributed by atoms with Gasteiger partial charge in [0.05, 0.1) is 18.9 Å². The number of hydrazone groups is 1. The van der Waals surface area contributed by atoms with Crippen LogP contribution < -0.4 is 15.5 Å². The molecule has 3 aromatic rings. The number of carbonyl (C=O) groups is 1. The first-order chi connectivity index (χ1) is 14.5. The number of methoxy groups -OCH3 is 1. The number of hydrogen-bond donors (Lipinski definition) is 3. The summed E-state index contributed by atoms with van der Waals surface area (Å²) in [5.41, 5.74) is 6.24. The number of para-hydroxylation sites is 1. The molecule has 152 valence electrons. The maximum atomic E-state index is 10.9. The van der Waals surface area contributed by atoms with Crippen molar-refractivity contribution in [2.75, 3.05) is 12.4 Å². The summed E-state index contributed by atoms with van der Waals surface area (Å²) in [5.74, 6) is -0.310. The van der Waals surface area contributed by atoms with Gasteiger partial charge in [0.15, 0.2) is 5.11 Å². The van der Waals surface area contributed by atoms with Crippen LogP contribution in [0.1, 0.15) is 15.9 Å². The van der Waals surface area contributed by atoms with E-state index < -0.39 is 5.97 Å². The van der Waals surface area contributed by atoms with Crippen molar-refractivity contribution in [2.45, 2.75) is 0 Å². The Hall–Kier alpha value is -3.42. The van der Waals surface area contributed by atoms with Crippen molar-refractivity contribution in [3.63, 3.8) is 0 Å². The molecule has 3 rings (SSSR count). The summed E-state index contributed by atoms with van der Waals surface area (Å²) >= 11 is 11.2. The van der Waals surface area contributed by atoms with Gasteiger partial charge in [0.2, 0.25) is 0 Å². The number of benzene rings is 3. The molecule has 0 unspecified atom stereocenters. The van der Waals surface area contributed by atoms with Crippen LogP contribution in [-0.4, -0.2) is 29.5 Å². The number of hydrogen-bond acceptors (Lipinski definition) is 4. The smallest absolute Gasteiger partial charge is 0.335 e. The molecule has 0 aromatic heterocycles. The first kappa shape index (κ1) is 21.3. The summed E-state index contributed by atoms with van der Waals surface area (Å²) in [4.78, 5) is 10.9. The fourth-order valence-electron chi connectivity index (χ4n) is 2.76. The molecule has 6 nitrogen and oxygen atoms in total. The molecule has 0 aliphatic heterocycles. The largest absolute Gasteiger partial charge is 0.495 e. The predicted octanol–water partition coefficient (Wildman–Crippen LogP) is 5.03. The molecule has 0 fully saturated rings. The number of carboxylic acids is 1. The maximum absolute atomic E-state index is 10.9. The first-order valence-electron chi connectivity index (χ1n) is 8.84. The third-order valence-electron chi connectivity index (χ3n) is 4.16. The van der Waals surface area contributed by atoms with Gasteiger partial charge in [0, 0.05) is 21.8 Å². The molecule has 0 spiro atoms. The number of thiocarbonyl (C=S) groups is 1. The zero-order valence-electron chi connectivity index (χ0n) is 15.9. The highest BCUT2D eigenvalue weighted by Crippen LogP contribution is 2.32. The number of aromatic carboxylic acids is 1. The Morgan fingerprint density at radius 1 is 1.10 bits per heavy atom. The van der Waals surface area contributed by atoms with E-state index in [1.165, 1.54) is 12.1 Å². The molecule has 0 radical (unpaired) electrons. The average molecular weight is 440 g/mol. The molecule has 30 heavy (non-hydrogen) atoms. The Labute approximate surface area is 184 Å². The number of nitrogens with zero attached hydrogens (tertiary/aromatic N) is 1. The van der Waals surface area contributed by atoms with Crippen LogP contribution in [0.2, 0.25) is 5.02 Å². The van der Waals surface area contributed by atoms with Crippen LogP contribution in [0, 0.1) is 0 Å². The van der Waals surface area contributed by atoms with E-state index in [0.717, 1.165) is 16.7 Å². The van der Waals surface area contributed by atoms with Crippen LogP contribution in [-0.2, 0) is 0 Å². The van der Waals surface area contributed by atoms with E-state index in [-0.39, 0.29) is 10.7 Å². The Morgan fingerprint density at radius 3 is 2.43 bits per heavy atom. The van der Waals surface area contributed by atoms with Crippen molar-refractivity contribution in [1.29, 1.82) is 0 Å². The lowest BCUT2D eigenvalue weighted by Crippen LogP contribution is -2.23. The van der Waals surface area contributed by atoms with Gasteiger partial charge in [-0.15, -0.1) is 0 Å². The van der Waals surface area contributed by atoms with Crippen LogP contribution in [0.15, 0.2) is 71.8 Å². The fourth-order valence-corrected chi connectivity index (χ4v) is 3.05. The van der Waals surface area contributed by atoms with Crippen LogP contribution >= 0.6 is 23.8 Å². The first-order valence-corrected chi connectivity index (χ1v) is 9.63. The summed E-state index contributed by atoms with van der Waals surface area (Å²) in [7, 11) is 1.60. The molecule has 0 aliphatic rings. The third-order valence-corrected chi connectivity index (χ3v) is 4.61. The number of rotatable bonds is 6. The van der Waals surface area contributed by atoms with Crippen molar-refractivity contribution in [2.24, 2.45) is 5.10 Å². The molecule has 8 heteroatoms. The van der Waals surface area contributed by atoms with Gasteiger partial charge in [-0.25, -0.2) is 4.79 Å². The summed E-state index contributed by atoms with van der Waals surface area (Å²) in [6.07, 6.45) is 1.61. The lowest BCUT2D eigenvalue weighted by molar-refractivity contribution is 0.0697. The van der Waals surface area contributed by atoms with E-state index in [1.54, 1.807) is 25.5 Å². The average Bonchev–Trinajstić information content (AvgIpc) is 2.74. The molecule has 0 saturated heterocycles. The summed E-state index contributed by atoms with van der Waals surface area (Å²) in [6, 6.07) is 19.5. The molecule has 0 aliphatic carbocycles. The van der Waals surface area contributed by atoms with E-state index >= 15 is 0 Å². The van der Waals surface area contributed by atoms with Crippen molar-refractivity contribution < 1.29 is 14.6 Å². The maximum Gasteiger partial charge on any atom is 0.335 e. The van der Waals surface area contributed by atoms with E-state index in [4.69, 9.17) is 33.7 Å². The lowest BCUT2D eigenvalue weighted by atomic mass is 10.0. The SMILES string of the molecule is COc1c(C=NNC(=S)Nc2ccc(C(=O)O)cc2)cccc1-c1ccc(Cl)cc1. The molecule has 0 heterocycles. The van der Waals surface area contributed by atoms with Crippen molar-refractivity contribution >= 4 is 46.8 Å². The second-order valence-corrected chi connectivity index (χ2v) is 6.99. The summed E-state index contributed by atoms with van der Waals surface area (Å²) < 4.78 is 5.60. The van der Waals surface area contributed by atoms with E-state index in [1.807, 2.05) is 42.5 Å². The molecule has 3 N–H and O–H groups in total. The Balaban J connectivity index is 1.69. The molecule has 0 saturated carbocycles. The normalized spacial score (nSPS) is 10.6. The van der Waals surface area contributed by atoms with Gasteiger partial charge in [-0.3, -0.25) is 5.43 Å². The van der Waals surface area contributed by atoms with Crippen molar-refractivity contribution in [3.05, 3.63) is 82.9 Å².